The smallest absolute Gasteiger partial charge is 0.195 e. The molecule has 6 rings (SSSR count). The molecule has 0 saturated carbocycles. The third-order valence-electron chi connectivity index (χ3n) is 6.44. The number of hydrogen-bond acceptors (Lipinski definition) is 2. The van der Waals surface area contributed by atoms with Crippen molar-refractivity contribution < 1.29 is 9.59 Å². The molecule has 0 fully saturated rings. The second-order valence-corrected chi connectivity index (χ2v) is 9.64. The van der Waals surface area contributed by atoms with E-state index >= 15 is 0 Å². The van der Waals surface area contributed by atoms with E-state index in [4.69, 9.17) is 23.2 Å². The van der Waals surface area contributed by atoms with Crippen LogP contribution in [0.4, 0.5) is 0 Å². The average molecular weight is 527 g/mol. The highest BCUT2D eigenvalue weighted by Gasteiger charge is 2.34. The first-order valence-corrected chi connectivity index (χ1v) is 12.6. The summed E-state index contributed by atoms with van der Waals surface area (Å²) >= 11 is 12.1. The Morgan fingerprint density at radius 2 is 0.816 bits per heavy atom. The van der Waals surface area contributed by atoms with E-state index in [1.165, 1.54) is 0 Å². The molecule has 0 N–H and O–H groups in total. The van der Waals surface area contributed by atoms with E-state index in [9.17, 15) is 9.59 Å². The fraction of sp³-hybridized carbons (Fsp3) is 0. The van der Waals surface area contributed by atoms with Crippen LogP contribution >= 0.6 is 23.2 Å². The largest absolute Gasteiger partial charge is 0.289 e. The SMILES string of the molecule is O=C1c2ccccc2C(=O)c2c1c(C#Cc1ccc(Cl)cc1)c1ccccc1c2C#Cc1ccc(Cl)cc1. The van der Waals surface area contributed by atoms with Gasteiger partial charge in [-0.3, -0.25) is 9.59 Å². The first kappa shape index (κ1) is 23.8. The molecule has 0 amide bonds. The van der Waals surface area contributed by atoms with Crippen LogP contribution in [0.3, 0.4) is 0 Å². The third-order valence-corrected chi connectivity index (χ3v) is 6.94. The molecule has 0 radical (unpaired) electrons. The third kappa shape index (κ3) is 4.17. The number of halogens is 2. The van der Waals surface area contributed by atoms with Gasteiger partial charge in [0.05, 0.1) is 11.1 Å². The number of hydrogen-bond donors (Lipinski definition) is 0. The maximum atomic E-state index is 13.9. The van der Waals surface area contributed by atoms with Crippen molar-refractivity contribution >= 4 is 45.5 Å². The van der Waals surface area contributed by atoms with Crippen molar-refractivity contribution in [3.8, 4) is 23.7 Å². The van der Waals surface area contributed by atoms with Crippen LogP contribution in [0.25, 0.3) is 10.8 Å². The Balaban J connectivity index is 1.68. The highest BCUT2D eigenvalue weighted by molar-refractivity contribution is 6.32. The summed E-state index contributed by atoms with van der Waals surface area (Å²) in [5.41, 5.74) is 3.81. The normalized spacial score (nSPS) is 11.6. The van der Waals surface area contributed by atoms with Gasteiger partial charge in [-0.05, 0) is 59.3 Å². The molecule has 4 heteroatoms. The number of ketones is 2. The average Bonchev–Trinajstić information content (AvgIpc) is 2.95. The van der Waals surface area contributed by atoms with E-state index in [1.54, 1.807) is 48.5 Å². The lowest BCUT2D eigenvalue weighted by Crippen LogP contribution is -2.24. The van der Waals surface area contributed by atoms with Gasteiger partial charge in [0.2, 0.25) is 0 Å². The Hall–Kier alpha value is -4.60. The lowest BCUT2D eigenvalue weighted by molar-refractivity contribution is 0.0979. The van der Waals surface area contributed by atoms with Crippen LogP contribution in [0.15, 0.2) is 97.1 Å². The van der Waals surface area contributed by atoms with E-state index in [-0.39, 0.29) is 22.7 Å². The molecule has 0 heterocycles. The Bertz CT molecular complexity index is 1770. The van der Waals surface area contributed by atoms with Crippen LogP contribution in [0.5, 0.6) is 0 Å². The Morgan fingerprint density at radius 1 is 0.447 bits per heavy atom. The van der Waals surface area contributed by atoms with Gasteiger partial charge in [-0.25, -0.2) is 0 Å². The number of rotatable bonds is 0. The first-order chi connectivity index (χ1) is 18.5. The molecule has 0 saturated heterocycles. The van der Waals surface area contributed by atoms with Crippen molar-refractivity contribution in [1.29, 1.82) is 0 Å². The van der Waals surface area contributed by atoms with Crippen LogP contribution in [0.2, 0.25) is 10.0 Å². The van der Waals surface area contributed by atoms with Crippen molar-refractivity contribution in [2.45, 2.75) is 0 Å². The molecule has 2 nitrogen and oxygen atoms in total. The number of fused-ring (bicyclic) bond motifs is 3. The quantitative estimate of drug-likeness (QED) is 0.190. The topological polar surface area (TPSA) is 34.1 Å². The zero-order valence-corrected chi connectivity index (χ0v) is 21.3. The first-order valence-electron chi connectivity index (χ1n) is 11.8. The second kappa shape index (κ2) is 9.70. The minimum Gasteiger partial charge on any atom is -0.289 e. The molecule has 0 bridgehead atoms. The molecule has 1 aliphatic rings. The van der Waals surface area contributed by atoms with Crippen molar-refractivity contribution in [3.05, 3.63) is 152 Å². The van der Waals surface area contributed by atoms with Gasteiger partial charge in [-0.2, -0.15) is 0 Å². The fourth-order valence-corrected chi connectivity index (χ4v) is 4.89. The van der Waals surface area contributed by atoms with Crippen LogP contribution in [0.1, 0.15) is 54.1 Å². The van der Waals surface area contributed by atoms with E-state index in [2.05, 4.69) is 23.7 Å². The lowest BCUT2D eigenvalue weighted by atomic mass is 9.77. The molecule has 0 spiro atoms. The van der Waals surface area contributed by atoms with Gasteiger partial charge in [0.15, 0.2) is 11.6 Å². The predicted octanol–water partition coefficient (Wildman–Crippen LogP) is 7.72. The summed E-state index contributed by atoms with van der Waals surface area (Å²) in [6.07, 6.45) is 0. The fourth-order valence-electron chi connectivity index (χ4n) is 4.64. The zero-order chi connectivity index (χ0) is 26.2. The second-order valence-electron chi connectivity index (χ2n) is 8.76. The number of benzene rings is 5. The Morgan fingerprint density at radius 3 is 1.21 bits per heavy atom. The highest BCUT2D eigenvalue weighted by atomic mass is 35.5. The zero-order valence-electron chi connectivity index (χ0n) is 19.8. The standard InChI is InChI=1S/C34H16Cl2O2/c35-23-15-9-21(10-16-23)13-19-27-25-5-1-2-6-26(25)28(20-14-22-11-17-24(36)18-12-22)32-31(27)33(37)29-7-3-4-8-30(29)34(32)38/h1-12,15-18H. The Kier molecular flexibility index (Phi) is 6.07. The molecular formula is C34H16Cl2O2. The summed E-state index contributed by atoms with van der Waals surface area (Å²) in [6, 6.07) is 28.8. The van der Waals surface area contributed by atoms with Crippen LogP contribution < -0.4 is 0 Å². The summed E-state index contributed by atoms with van der Waals surface area (Å²) in [4.78, 5) is 27.9. The van der Waals surface area contributed by atoms with Crippen LogP contribution in [-0.4, -0.2) is 11.6 Å². The molecular weight excluding hydrogens is 511 g/mol. The number of carbonyl (C=O) groups excluding carboxylic acids is 2. The molecule has 5 aromatic rings. The molecule has 0 unspecified atom stereocenters. The maximum absolute atomic E-state index is 13.9. The summed E-state index contributed by atoms with van der Waals surface area (Å²) < 4.78 is 0. The minimum atomic E-state index is -0.240. The molecule has 1 aliphatic carbocycles. The van der Waals surface area contributed by atoms with Gasteiger partial charge >= 0.3 is 0 Å². The monoisotopic (exact) mass is 526 g/mol. The van der Waals surface area contributed by atoms with E-state index in [0.29, 0.717) is 32.3 Å². The van der Waals surface area contributed by atoms with Gasteiger partial charge in [0, 0.05) is 43.4 Å². The lowest BCUT2D eigenvalue weighted by Gasteiger charge is -2.22. The van der Waals surface area contributed by atoms with E-state index < -0.39 is 0 Å². The van der Waals surface area contributed by atoms with Gasteiger partial charge in [0.25, 0.3) is 0 Å². The van der Waals surface area contributed by atoms with Crippen molar-refractivity contribution in [3.63, 3.8) is 0 Å². The molecule has 0 aromatic heterocycles. The van der Waals surface area contributed by atoms with Gasteiger partial charge in [-0.15, -0.1) is 0 Å². The summed E-state index contributed by atoms with van der Waals surface area (Å²) in [5, 5.41) is 2.74. The molecule has 38 heavy (non-hydrogen) atoms. The van der Waals surface area contributed by atoms with Crippen molar-refractivity contribution in [1.82, 2.24) is 0 Å². The molecule has 0 atom stereocenters. The van der Waals surface area contributed by atoms with Crippen LogP contribution in [0, 0.1) is 23.7 Å². The van der Waals surface area contributed by atoms with Gasteiger partial charge < -0.3 is 0 Å². The summed E-state index contributed by atoms with van der Waals surface area (Å²) in [6.45, 7) is 0. The van der Waals surface area contributed by atoms with Crippen molar-refractivity contribution in [2.24, 2.45) is 0 Å². The Labute approximate surface area is 229 Å². The summed E-state index contributed by atoms with van der Waals surface area (Å²) in [7, 11) is 0. The molecule has 0 aliphatic heterocycles. The van der Waals surface area contributed by atoms with Gasteiger partial charge in [-0.1, -0.05) is 95.4 Å². The van der Waals surface area contributed by atoms with Gasteiger partial charge in [0.1, 0.15) is 0 Å². The summed E-state index contributed by atoms with van der Waals surface area (Å²) in [5.74, 6) is 12.2. The van der Waals surface area contributed by atoms with Crippen LogP contribution in [-0.2, 0) is 0 Å². The molecule has 5 aromatic carbocycles. The number of carbonyl (C=O) groups is 2. The highest BCUT2D eigenvalue weighted by Crippen LogP contribution is 2.37. The minimum absolute atomic E-state index is 0.240. The van der Waals surface area contributed by atoms with Crippen molar-refractivity contribution in [2.75, 3.05) is 0 Å². The molecule has 178 valence electrons. The van der Waals surface area contributed by atoms with E-state index in [0.717, 1.165) is 21.9 Å². The van der Waals surface area contributed by atoms with E-state index in [1.807, 2.05) is 48.5 Å². The predicted molar refractivity (Wildman–Crippen MR) is 152 cm³/mol. The maximum Gasteiger partial charge on any atom is 0.195 e.